The first-order valence-corrected chi connectivity index (χ1v) is 5.48. The van der Waals surface area contributed by atoms with Gasteiger partial charge in [0.15, 0.2) is 0 Å². The fraction of sp³-hybridized carbons (Fsp3) is 0.889. The lowest BCUT2D eigenvalue weighted by molar-refractivity contribution is -0.157. The van der Waals surface area contributed by atoms with E-state index in [2.05, 4.69) is 28.6 Å². The van der Waals surface area contributed by atoms with Crippen LogP contribution in [0.5, 0.6) is 0 Å². The highest BCUT2D eigenvalue weighted by Gasteiger charge is 2.34. The summed E-state index contributed by atoms with van der Waals surface area (Å²) in [7, 11) is 0. The number of hydrogen-bond acceptors (Lipinski definition) is 3. The van der Waals surface area contributed by atoms with Crippen molar-refractivity contribution in [2.45, 2.75) is 49.8 Å². The van der Waals surface area contributed by atoms with Gasteiger partial charge in [-0.2, -0.15) is 12.6 Å². The van der Waals surface area contributed by atoms with Crippen molar-refractivity contribution in [3.05, 3.63) is 0 Å². The Bertz CT molecular complexity index is 194. The van der Waals surface area contributed by atoms with Gasteiger partial charge < -0.3 is 4.74 Å². The zero-order valence-corrected chi connectivity index (χ0v) is 11.2. The van der Waals surface area contributed by atoms with E-state index >= 15 is 0 Å². The van der Waals surface area contributed by atoms with Crippen LogP contribution in [0.25, 0.3) is 0 Å². The van der Waals surface area contributed by atoms with Crippen LogP contribution in [0.3, 0.4) is 0 Å². The minimum absolute atomic E-state index is 0.00583. The quantitative estimate of drug-likeness (QED) is 0.484. The number of rotatable bonds is 3. The highest BCUT2D eigenvalue weighted by atomic mass is 79.9. The van der Waals surface area contributed by atoms with Crippen molar-refractivity contribution in [2.75, 3.05) is 0 Å². The molecular formula is C9H17BrO2S. The molecule has 0 radical (unpaired) electrons. The van der Waals surface area contributed by atoms with Crippen molar-refractivity contribution in [3.8, 4) is 0 Å². The number of alkyl halides is 1. The Morgan fingerprint density at radius 3 is 2.00 bits per heavy atom. The van der Waals surface area contributed by atoms with Gasteiger partial charge in [0.05, 0.1) is 0 Å². The molecule has 0 amide bonds. The Balaban J connectivity index is 4.38. The first-order chi connectivity index (χ1) is 5.57. The van der Waals surface area contributed by atoms with Gasteiger partial charge in [0, 0.05) is 5.25 Å². The van der Waals surface area contributed by atoms with Crippen LogP contribution in [0.2, 0.25) is 0 Å². The van der Waals surface area contributed by atoms with Gasteiger partial charge in [0.2, 0.25) is 0 Å². The number of halogens is 1. The van der Waals surface area contributed by atoms with E-state index in [4.69, 9.17) is 4.74 Å². The minimum atomic E-state index is -0.632. The monoisotopic (exact) mass is 268 g/mol. The summed E-state index contributed by atoms with van der Waals surface area (Å²) < 4.78 is 4.67. The van der Waals surface area contributed by atoms with E-state index in [1.807, 2.05) is 20.8 Å². The summed E-state index contributed by atoms with van der Waals surface area (Å²) in [5.74, 6) is -0.265. The number of esters is 1. The maximum absolute atomic E-state index is 11.5. The summed E-state index contributed by atoms with van der Waals surface area (Å²) in [6.07, 6.45) is 0. The summed E-state index contributed by atoms with van der Waals surface area (Å²) in [5.41, 5.74) is -0.536. The molecule has 0 heterocycles. The van der Waals surface area contributed by atoms with Crippen LogP contribution in [-0.4, -0.2) is 21.1 Å². The standard InChI is InChI=1S/C9H17BrO2S/c1-6(13)9(4,5)12-7(11)8(2,3)10/h6,13H,1-5H3. The first kappa shape index (κ1) is 13.3. The van der Waals surface area contributed by atoms with E-state index in [1.165, 1.54) is 0 Å². The molecule has 0 aliphatic carbocycles. The van der Waals surface area contributed by atoms with Crippen LogP contribution < -0.4 is 0 Å². The number of hydrogen-bond donors (Lipinski definition) is 1. The molecule has 0 N–H and O–H groups in total. The average Bonchev–Trinajstić information content (AvgIpc) is 1.83. The molecule has 0 fully saturated rings. The summed E-state index contributed by atoms with van der Waals surface area (Å²) in [6.45, 7) is 9.11. The van der Waals surface area contributed by atoms with Gasteiger partial charge in [-0.15, -0.1) is 0 Å². The molecule has 0 aromatic heterocycles. The smallest absolute Gasteiger partial charge is 0.322 e. The third-order valence-electron chi connectivity index (χ3n) is 1.85. The van der Waals surface area contributed by atoms with Crippen molar-refractivity contribution < 1.29 is 9.53 Å². The second-order valence-electron chi connectivity index (χ2n) is 4.14. The molecule has 0 spiro atoms. The van der Waals surface area contributed by atoms with Crippen LogP contribution in [0.1, 0.15) is 34.6 Å². The Labute approximate surface area is 94.0 Å². The number of ether oxygens (including phenoxy) is 1. The highest BCUT2D eigenvalue weighted by Crippen LogP contribution is 2.25. The van der Waals surface area contributed by atoms with Crippen molar-refractivity contribution in [1.82, 2.24) is 0 Å². The molecule has 13 heavy (non-hydrogen) atoms. The second-order valence-corrected chi connectivity index (χ2v) is 6.90. The molecule has 4 heteroatoms. The predicted molar refractivity (Wildman–Crippen MR) is 61.6 cm³/mol. The molecule has 0 aliphatic rings. The molecule has 2 nitrogen and oxygen atoms in total. The van der Waals surface area contributed by atoms with Gasteiger partial charge in [0.25, 0.3) is 0 Å². The lowest BCUT2D eigenvalue weighted by atomic mass is 10.1. The predicted octanol–water partition coefficient (Wildman–Crippen LogP) is 2.80. The molecule has 78 valence electrons. The van der Waals surface area contributed by atoms with Gasteiger partial charge in [0.1, 0.15) is 9.93 Å². The number of carbonyl (C=O) groups is 1. The summed E-state index contributed by atoms with van der Waals surface area (Å²) in [5, 5.41) is 0.00583. The van der Waals surface area contributed by atoms with Crippen molar-refractivity contribution >= 4 is 34.5 Å². The maximum Gasteiger partial charge on any atom is 0.322 e. The molecule has 0 saturated carbocycles. The molecule has 0 bridgehead atoms. The molecule has 0 saturated heterocycles. The molecule has 0 aromatic rings. The fourth-order valence-electron chi connectivity index (χ4n) is 0.446. The van der Waals surface area contributed by atoms with E-state index in [1.54, 1.807) is 13.8 Å². The minimum Gasteiger partial charge on any atom is -0.457 e. The van der Waals surface area contributed by atoms with Crippen LogP contribution in [0.15, 0.2) is 0 Å². The van der Waals surface area contributed by atoms with Crippen LogP contribution in [0.4, 0.5) is 0 Å². The van der Waals surface area contributed by atoms with E-state index in [9.17, 15) is 4.79 Å². The van der Waals surface area contributed by atoms with E-state index in [0.717, 1.165) is 0 Å². The number of thiol groups is 1. The summed E-state index contributed by atoms with van der Waals surface area (Å²) >= 11 is 7.50. The lowest BCUT2D eigenvalue weighted by Crippen LogP contribution is -2.41. The number of carbonyl (C=O) groups excluding carboxylic acids is 1. The fourth-order valence-corrected chi connectivity index (χ4v) is 0.579. The first-order valence-electron chi connectivity index (χ1n) is 4.18. The third-order valence-corrected chi connectivity index (χ3v) is 2.79. The maximum atomic E-state index is 11.5. The van der Waals surface area contributed by atoms with Gasteiger partial charge in [-0.25, -0.2) is 0 Å². The average molecular weight is 269 g/mol. The lowest BCUT2D eigenvalue weighted by Gasteiger charge is -2.31. The highest BCUT2D eigenvalue weighted by molar-refractivity contribution is 9.10. The van der Waals surface area contributed by atoms with E-state index in [0.29, 0.717) is 0 Å². The Kier molecular flexibility index (Phi) is 4.31. The van der Waals surface area contributed by atoms with Crippen molar-refractivity contribution in [3.63, 3.8) is 0 Å². The van der Waals surface area contributed by atoms with E-state index < -0.39 is 9.93 Å². The van der Waals surface area contributed by atoms with Gasteiger partial charge in [-0.05, 0) is 34.6 Å². The molecule has 0 aromatic carbocycles. The topological polar surface area (TPSA) is 26.3 Å². The zero-order valence-electron chi connectivity index (χ0n) is 8.72. The summed E-state index contributed by atoms with van der Waals surface area (Å²) in [6, 6.07) is 0. The van der Waals surface area contributed by atoms with E-state index in [-0.39, 0.29) is 11.2 Å². The van der Waals surface area contributed by atoms with Gasteiger partial charge >= 0.3 is 5.97 Å². The molecular weight excluding hydrogens is 252 g/mol. The molecule has 0 aliphatic heterocycles. The molecule has 1 atom stereocenters. The SMILES string of the molecule is CC(S)C(C)(C)OC(=O)C(C)(C)Br. The Morgan fingerprint density at radius 2 is 1.77 bits per heavy atom. The normalized spacial score (nSPS) is 15.3. The third kappa shape index (κ3) is 4.36. The molecule has 1 unspecified atom stereocenters. The van der Waals surface area contributed by atoms with Crippen molar-refractivity contribution in [1.29, 1.82) is 0 Å². The van der Waals surface area contributed by atoms with Crippen molar-refractivity contribution in [2.24, 2.45) is 0 Å². The van der Waals surface area contributed by atoms with Gasteiger partial charge in [-0.1, -0.05) is 15.9 Å². The Hall–Kier alpha value is 0.300. The largest absolute Gasteiger partial charge is 0.457 e. The van der Waals surface area contributed by atoms with Crippen LogP contribution in [-0.2, 0) is 9.53 Å². The van der Waals surface area contributed by atoms with Crippen LogP contribution >= 0.6 is 28.6 Å². The molecule has 0 rings (SSSR count). The zero-order chi connectivity index (χ0) is 10.9. The van der Waals surface area contributed by atoms with Gasteiger partial charge in [-0.3, -0.25) is 4.79 Å². The Morgan fingerprint density at radius 1 is 1.38 bits per heavy atom. The second kappa shape index (κ2) is 4.22. The van der Waals surface area contributed by atoms with Crippen LogP contribution in [0, 0.1) is 0 Å². The summed E-state index contributed by atoms with van der Waals surface area (Å²) in [4.78, 5) is 11.5.